The fraction of sp³-hybridized carbons (Fsp3) is 0.393. The van der Waals surface area contributed by atoms with Crippen molar-refractivity contribution in [2.75, 3.05) is 13.2 Å². The van der Waals surface area contributed by atoms with Crippen LogP contribution in [0.1, 0.15) is 54.8 Å². The van der Waals surface area contributed by atoms with Crippen LogP contribution in [0.5, 0.6) is 0 Å². The topological polar surface area (TPSA) is 131 Å². The fourth-order valence-corrected chi connectivity index (χ4v) is 7.46. The lowest BCUT2D eigenvalue weighted by Crippen LogP contribution is -2.55. The van der Waals surface area contributed by atoms with E-state index in [9.17, 15) is 23.3 Å². The monoisotopic (exact) mass is 567 g/mol. The summed E-state index contributed by atoms with van der Waals surface area (Å²) in [5, 5.41) is 19.2. The molecule has 0 spiro atoms. The molecule has 2 amide bonds. The van der Waals surface area contributed by atoms with E-state index in [-0.39, 0.29) is 34.9 Å². The average molecular weight is 568 g/mol. The first-order valence-electron chi connectivity index (χ1n) is 13.0. The van der Waals surface area contributed by atoms with Gasteiger partial charge in [0.15, 0.2) is 0 Å². The predicted molar refractivity (Wildman–Crippen MR) is 151 cm³/mol. The number of amides is 2. The SMILES string of the molecule is CC(C)C[C@H](NC(=O)c1cc2ccccc2s1)C(=O)NCNC1CCCCN1S(=O)(=O)c1ccccc1C#N. The van der Waals surface area contributed by atoms with Crippen LogP contribution >= 0.6 is 11.3 Å². The van der Waals surface area contributed by atoms with Crippen molar-refractivity contribution in [1.29, 1.82) is 5.26 Å². The van der Waals surface area contributed by atoms with E-state index in [1.807, 2.05) is 50.2 Å². The zero-order valence-electron chi connectivity index (χ0n) is 22.0. The number of nitriles is 1. The second kappa shape index (κ2) is 12.7. The minimum Gasteiger partial charge on any atom is -0.342 e. The molecule has 0 saturated carbocycles. The number of sulfonamides is 1. The van der Waals surface area contributed by atoms with Gasteiger partial charge in [0.25, 0.3) is 5.91 Å². The zero-order chi connectivity index (χ0) is 28.0. The summed E-state index contributed by atoms with van der Waals surface area (Å²) in [5.41, 5.74) is 0.0982. The number of nitrogens with zero attached hydrogens (tertiary/aromatic N) is 2. The number of nitrogens with one attached hydrogen (secondary N) is 3. The number of piperidine rings is 1. The Morgan fingerprint density at radius 3 is 2.62 bits per heavy atom. The summed E-state index contributed by atoms with van der Waals surface area (Å²) >= 11 is 1.38. The number of carbonyl (C=O) groups excluding carboxylic acids is 2. The van der Waals surface area contributed by atoms with Crippen LogP contribution in [-0.4, -0.2) is 50.0 Å². The highest BCUT2D eigenvalue weighted by molar-refractivity contribution is 7.89. The average Bonchev–Trinajstić information content (AvgIpc) is 3.37. The Bertz CT molecular complexity index is 1450. The van der Waals surface area contributed by atoms with Crippen molar-refractivity contribution in [3.05, 3.63) is 65.0 Å². The van der Waals surface area contributed by atoms with Crippen LogP contribution < -0.4 is 16.0 Å². The van der Waals surface area contributed by atoms with Crippen molar-refractivity contribution in [2.45, 2.75) is 56.6 Å². The second-order valence-corrected chi connectivity index (χ2v) is 12.9. The van der Waals surface area contributed by atoms with Gasteiger partial charge in [-0.3, -0.25) is 14.9 Å². The minimum atomic E-state index is -3.91. The van der Waals surface area contributed by atoms with Crippen LogP contribution in [0.25, 0.3) is 10.1 Å². The molecule has 1 unspecified atom stereocenters. The van der Waals surface area contributed by atoms with Gasteiger partial charge in [0.1, 0.15) is 17.0 Å². The van der Waals surface area contributed by atoms with Gasteiger partial charge in [0.05, 0.1) is 23.3 Å². The molecule has 1 aliphatic heterocycles. The maximum Gasteiger partial charge on any atom is 0.262 e. The van der Waals surface area contributed by atoms with E-state index in [0.717, 1.165) is 16.5 Å². The molecule has 1 aliphatic rings. The first-order valence-corrected chi connectivity index (χ1v) is 15.3. The fourth-order valence-electron chi connectivity index (χ4n) is 4.71. The Morgan fingerprint density at radius 2 is 1.87 bits per heavy atom. The number of benzene rings is 2. The van der Waals surface area contributed by atoms with Crippen molar-refractivity contribution in [3.8, 4) is 6.07 Å². The highest BCUT2D eigenvalue weighted by atomic mass is 32.2. The van der Waals surface area contributed by atoms with Crippen molar-refractivity contribution in [1.82, 2.24) is 20.3 Å². The van der Waals surface area contributed by atoms with Crippen LogP contribution in [0, 0.1) is 17.2 Å². The van der Waals surface area contributed by atoms with E-state index in [2.05, 4.69) is 16.0 Å². The first kappa shape index (κ1) is 28.7. The molecule has 2 atom stereocenters. The summed E-state index contributed by atoms with van der Waals surface area (Å²) in [6, 6.07) is 16.9. The maximum absolute atomic E-state index is 13.4. The third kappa shape index (κ3) is 6.83. The third-order valence-electron chi connectivity index (χ3n) is 6.63. The van der Waals surface area contributed by atoms with Crippen LogP contribution in [0.15, 0.2) is 59.5 Å². The molecule has 0 bridgehead atoms. The second-order valence-electron chi connectivity index (χ2n) is 9.96. The molecule has 0 aliphatic carbocycles. The van der Waals surface area contributed by atoms with Gasteiger partial charge in [-0.15, -0.1) is 11.3 Å². The molecule has 11 heteroatoms. The van der Waals surface area contributed by atoms with E-state index in [1.165, 1.54) is 27.8 Å². The number of carbonyl (C=O) groups is 2. The molecule has 3 aromatic rings. The van der Waals surface area contributed by atoms with Gasteiger partial charge in [-0.05, 0) is 61.3 Å². The van der Waals surface area contributed by atoms with Gasteiger partial charge >= 0.3 is 0 Å². The Hall–Kier alpha value is -3.30. The lowest BCUT2D eigenvalue weighted by Gasteiger charge is -2.35. The molecule has 39 heavy (non-hydrogen) atoms. The molecule has 2 aromatic carbocycles. The molecule has 206 valence electrons. The Morgan fingerprint density at radius 1 is 1.13 bits per heavy atom. The number of thiophene rings is 1. The van der Waals surface area contributed by atoms with Gasteiger partial charge in [0.2, 0.25) is 15.9 Å². The summed E-state index contributed by atoms with van der Waals surface area (Å²) in [4.78, 5) is 26.6. The molecule has 4 rings (SSSR count). The molecule has 1 aromatic heterocycles. The van der Waals surface area contributed by atoms with Gasteiger partial charge in [-0.25, -0.2) is 8.42 Å². The van der Waals surface area contributed by atoms with E-state index < -0.39 is 22.2 Å². The van der Waals surface area contributed by atoms with E-state index in [1.54, 1.807) is 12.1 Å². The van der Waals surface area contributed by atoms with E-state index >= 15 is 0 Å². The standard InChI is InChI=1S/C28H33N5O4S2/c1-19(2)15-22(32-28(35)24-16-20-9-3-5-11-23(20)38-24)27(34)31-18-30-26-13-7-8-14-33(26)39(36,37)25-12-6-4-10-21(25)17-29/h3-6,9-12,16,19,22,26,30H,7-8,13-15,18H2,1-2H3,(H,31,34)(H,32,35)/t22-,26?/m0/s1. The van der Waals surface area contributed by atoms with Gasteiger partial charge in [-0.2, -0.15) is 9.57 Å². The summed E-state index contributed by atoms with van der Waals surface area (Å²) in [5.74, 6) is -0.480. The Kier molecular flexibility index (Phi) is 9.35. The normalized spacial score (nSPS) is 17.0. The van der Waals surface area contributed by atoms with Gasteiger partial charge < -0.3 is 10.6 Å². The van der Waals surface area contributed by atoms with Crippen molar-refractivity contribution < 1.29 is 18.0 Å². The lowest BCUT2D eigenvalue weighted by atomic mass is 10.0. The minimum absolute atomic E-state index is 0.0221. The van der Waals surface area contributed by atoms with E-state index in [4.69, 9.17) is 0 Å². The summed E-state index contributed by atoms with van der Waals surface area (Å²) < 4.78 is 29.2. The zero-order valence-corrected chi connectivity index (χ0v) is 23.6. The van der Waals surface area contributed by atoms with E-state index in [0.29, 0.717) is 30.7 Å². The summed E-state index contributed by atoms with van der Waals surface area (Å²) in [7, 11) is -3.91. The summed E-state index contributed by atoms with van der Waals surface area (Å²) in [6.07, 6.45) is 2.03. The molecular weight excluding hydrogens is 534 g/mol. The number of hydrogen-bond acceptors (Lipinski definition) is 7. The van der Waals surface area contributed by atoms with Crippen LogP contribution in [0.4, 0.5) is 0 Å². The number of fused-ring (bicyclic) bond motifs is 1. The van der Waals surface area contributed by atoms with Gasteiger partial charge in [-0.1, -0.05) is 44.2 Å². The van der Waals surface area contributed by atoms with Crippen LogP contribution in [-0.2, 0) is 14.8 Å². The Labute approximate surface area is 233 Å². The third-order valence-corrected chi connectivity index (χ3v) is 9.71. The van der Waals surface area contributed by atoms with Crippen LogP contribution in [0.3, 0.4) is 0 Å². The highest BCUT2D eigenvalue weighted by Gasteiger charge is 2.35. The Balaban J connectivity index is 1.40. The molecule has 9 nitrogen and oxygen atoms in total. The first-order chi connectivity index (χ1) is 18.7. The van der Waals surface area contributed by atoms with Crippen molar-refractivity contribution in [2.24, 2.45) is 5.92 Å². The molecule has 2 heterocycles. The quantitative estimate of drug-likeness (QED) is 0.320. The maximum atomic E-state index is 13.4. The largest absolute Gasteiger partial charge is 0.342 e. The number of hydrogen-bond donors (Lipinski definition) is 3. The summed E-state index contributed by atoms with van der Waals surface area (Å²) in [6.45, 7) is 4.31. The highest BCUT2D eigenvalue weighted by Crippen LogP contribution is 2.27. The molecule has 0 radical (unpaired) electrons. The predicted octanol–water partition coefficient (Wildman–Crippen LogP) is 3.78. The van der Waals surface area contributed by atoms with Crippen molar-refractivity contribution in [3.63, 3.8) is 0 Å². The molecule has 1 saturated heterocycles. The molecular formula is C28H33N5O4S2. The molecule has 1 fully saturated rings. The van der Waals surface area contributed by atoms with Gasteiger partial charge in [0, 0.05) is 11.2 Å². The smallest absolute Gasteiger partial charge is 0.262 e. The lowest BCUT2D eigenvalue weighted by molar-refractivity contribution is -0.123. The number of rotatable bonds is 10. The molecule has 3 N–H and O–H groups in total. The van der Waals surface area contributed by atoms with Crippen LogP contribution in [0.2, 0.25) is 0 Å². The van der Waals surface area contributed by atoms with Crippen molar-refractivity contribution >= 4 is 43.3 Å².